The normalized spacial score (nSPS) is 15.4. The van der Waals surface area contributed by atoms with E-state index in [0.717, 1.165) is 0 Å². The molecule has 2 bridgehead atoms. The standard InChI is InChI=1S/C69H53NSi2/c1-3-27-65(72(53-34-16-7-17-35-53,54-36-18-8-19-37-54)55-38-20-9-21-39-55)67-49(2)66-59-41-22-23-42-60(59)69(67)68-61(66)43-26-45-63(68)70-62-44-25-24-40-57(62)58-47-46-56(48-64(58)70)71(50-28-10-4-11-29-50,51-30-12-5-13-31-51)52-32-14-6-15-33-52/h3-48,66,69H,1H2,2H3/b65-27+. The molecule has 0 aliphatic heterocycles. The highest BCUT2D eigenvalue weighted by Crippen LogP contribution is 2.59. The van der Waals surface area contributed by atoms with Crippen LogP contribution in [0.5, 0.6) is 0 Å². The SMILES string of the molecule is C=C/C=C(\C1=C(C)C2c3ccccc3C1c1c2cccc1-n1c2ccccc2c2ccc([Si](c3ccccc3)(c3ccccc3)c3ccccc3)cc21)[Si](c1ccccc1)(c1ccccc1)c1ccccc1. The molecule has 10 aromatic carbocycles. The fourth-order valence-corrected chi connectivity index (χ4v) is 23.2. The van der Waals surface area contributed by atoms with Gasteiger partial charge in [-0.2, -0.15) is 0 Å². The molecule has 3 aliphatic carbocycles. The van der Waals surface area contributed by atoms with Gasteiger partial charge in [-0.05, 0) is 94.5 Å². The molecule has 0 spiro atoms. The van der Waals surface area contributed by atoms with E-state index in [1.807, 2.05) is 0 Å². The largest absolute Gasteiger partial charge is 0.309 e. The number of hydrogen-bond donors (Lipinski definition) is 0. The van der Waals surface area contributed by atoms with Crippen molar-refractivity contribution in [2.24, 2.45) is 0 Å². The van der Waals surface area contributed by atoms with Crippen LogP contribution >= 0.6 is 0 Å². The summed E-state index contributed by atoms with van der Waals surface area (Å²) in [5.74, 6) is 0.00812. The van der Waals surface area contributed by atoms with Gasteiger partial charge in [0.2, 0.25) is 0 Å². The van der Waals surface area contributed by atoms with Crippen LogP contribution in [-0.2, 0) is 0 Å². The summed E-state index contributed by atoms with van der Waals surface area (Å²) in [4.78, 5) is 0. The summed E-state index contributed by atoms with van der Waals surface area (Å²) < 4.78 is 2.64. The second-order valence-corrected chi connectivity index (χ2v) is 27.0. The highest BCUT2D eigenvalue weighted by molar-refractivity contribution is 7.20. The van der Waals surface area contributed by atoms with Gasteiger partial charge in [0.25, 0.3) is 0 Å². The number of fused-ring (bicyclic) bond motifs is 3. The van der Waals surface area contributed by atoms with E-state index in [4.69, 9.17) is 0 Å². The van der Waals surface area contributed by atoms with E-state index in [9.17, 15) is 0 Å². The first kappa shape index (κ1) is 43.7. The van der Waals surface area contributed by atoms with E-state index >= 15 is 0 Å². The Morgan fingerprint density at radius 2 is 0.833 bits per heavy atom. The predicted octanol–water partition coefficient (Wildman–Crippen LogP) is 11.9. The summed E-state index contributed by atoms with van der Waals surface area (Å²) in [7, 11) is -5.92. The Labute approximate surface area is 425 Å². The number of benzene rings is 10. The van der Waals surface area contributed by atoms with Gasteiger partial charge in [0, 0.05) is 22.6 Å². The average molecular weight is 952 g/mol. The Bertz CT molecular complexity index is 3680. The third kappa shape index (κ3) is 6.44. The summed E-state index contributed by atoms with van der Waals surface area (Å²) >= 11 is 0. The van der Waals surface area contributed by atoms with Crippen LogP contribution in [0, 0.1) is 0 Å². The van der Waals surface area contributed by atoms with Crippen LogP contribution in [0.25, 0.3) is 27.5 Å². The third-order valence-corrected chi connectivity index (χ3v) is 25.7. The molecule has 0 fully saturated rings. The maximum atomic E-state index is 4.51. The van der Waals surface area contributed by atoms with Crippen molar-refractivity contribution in [3.63, 3.8) is 0 Å². The minimum atomic E-state index is -3.05. The molecule has 1 aromatic heterocycles. The van der Waals surface area contributed by atoms with Crippen LogP contribution in [-0.4, -0.2) is 20.7 Å². The molecule has 0 radical (unpaired) electrons. The molecule has 0 saturated heterocycles. The number of allylic oxidation sites excluding steroid dienone is 5. The van der Waals surface area contributed by atoms with E-state index in [1.54, 1.807) is 0 Å². The fourth-order valence-electron chi connectivity index (χ4n) is 13.3. The van der Waals surface area contributed by atoms with Gasteiger partial charge < -0.3 is 4.57 Å². The lowest BCUT2D eigenvalue weighted by Gasteiger charge is -2.48. The molecule has 2 unspecified atom stereocenters. The average Bonchev–Trinajstić information content (AvgIpc) is 3.78. The minimum absolute atomic E-state index is 0.0579. The first-order chi connectivity index (χ1) is 35.7. The molecular formula is C69H53NSi2. The Kier molecular flexibility index (Phi) is 10.8. The number of rotatable bonds is 11. The van der Waals surface area contributed by atoms with Gasteiger partial charge >= 0.3 is 0 Å². The molecular weight excluding hydrogens is 899 g/mol. The first-order valence-electron chi connectivity index (χ1n) is 25.3. The lowest BCUT2D eigenvalue weighted by Crippen LogP contribution is -2.74. The Hall–Kier alpha value is -8.35. The molecule has 342 valence electrons. The monoisotopic (exact) mass is 951 g/mol. The topological polar surface area (TPSA) is 4.93 Å². The zero-order valence-electron chi connectivity index (χ0n) is 40.4. The maximum absolute atomic E-state index is 4.51. The summed E-state index contributed by atoms with van der Waals surface area (Å²) in [5.41, 5.74) is 12.1. The molecule has 2 atom stereocenters. The van der Waals surface area contributed by atoms with Crippen LogP contribution < -0.4 is 36.3 Å². The predicted molar refractivity (Wildman–Crippen MR) is 309 cm³/mol. The molecule has 3 heteroatoms. The molecule has 11 aromatic rings. The van der Waals surface area contributed by atoms with Crippen LogP contribution in [0.15, 0.2) is 302 Å². The summed E-state index contributed by atoms with van der Waals surface area (Å²) in [6, 6.07) is 101. The molecule has 1 heterocycles. The van der Waals surface area contributed by atoms with Gasteiger partial charge in [-0.25, -0.2) is 0 Å². The van der Waals surface area contributed by atoms with Crippen LogP contribution in [0.4, 0.5) is 0 Å². The van der Waals surface area contributed by atoms with E-state index in [1.165, 1.54) is 102 Å². The number of nitrogens with zero attached hydrogens (tertiary/aromatic N) is 1. The van der Waals surface area contributed by atoms with Crippen LogP contribution in [0.1, 0.15) is 41.0 Å². The quantitative estimate of drug-likeness (QED) is 0.0692. The molecule has 0 amide bonds. The van der Waals surface area contributed by atoms with Crippen molar-refractivity contribution in [3.05, 3.63) is 324 Å². The van der Waals surface area contributed by atoms with Gasteiger partial charge in [0.05, 0.1) is 16.7 Å². The zero-order chi connectivity index (χ0) is 48.2. The highest BCUT2D eigenvalue weighted by atomic mass is 28.3. The zero-order valence-corrected chi connectivity index (χ0v) is 42.4. The minimum Gasteiger partial charge on any atom is -0.309 e. The Balaban J connectivity index is 1.12. The molecule has 3 aliphatic rings. The Morgan fingerprint density at radius 3 is 1.35 bits per heavy atom. The maximum Gasteiger partial charge on any atom is 0.179 e. The van der Waals surface area contributed by atoms with E-state index in [0.29, 0.717) is 0 Å². The lowest BCUT2D eigenvalue weighted by molar-refractivity contribution is 0.734. The molecule has 0 N–H and O–H groups in total. The lowest BCUT2D eigenvalue weighted by atomic mass is 9.60. The van der Waals surface area contributed by atoms with Crippen molar-refractivity contribution in [2.45, 2.75) is 18.8 Å². The number of para-hydroxylation sites is 1. The fraction of sp³-hybridized carbons (Fsp3) is 0.0435. The van der Waals surface area contributed by atoms with E-state index < -0.39 is 16.1 Å². The van der Waals surface area contributed by atoms with Crippen molar-refractivity contribution >= 4 is 74.3 Å². The van der Waals surface area contributed by atoms with E-state index in [-0.39, 0.29) is 11.8 Å². The smallest absolute Gasteiger partial charge is 0.179 e. The summed E-state index contributed by atoms with van der Waals surface area (Å²) in [6.45, 7) is 6.94. The first-order valence-corrected chi connectivity index (χ1v) is 29.3. The van der Waals surface area contributed by atoms with Gasteiger partial charge in [-0.1, -0.05) is 273 Å². The van der Waals surface area contributed by atoms with Crippen molar-refractivity contribution in [1.82, 2.24) is 4.57 Å². The second-order valence-electron chi connectivity index (χ2n) is 19.5. The highest BCUT2D eigenvalue weighted by Gasteiger charge is 2.51. The molecule has 14 rings (SSSR count). The van der Waals surface area contributed by atoms with Crippen molar-refractivity contribution < 1.29 is 0 Å². The Morgan fingerprint density at radius 1 is 0.403 bits per heavy atom. The third-order valence-electron chi connectivity index (χ3n) is 16.0. The van der Waals surface area contributed by atoms with Gasteiger partial charge in [0.15, 0.2) is 16.1 Å². The summed E-state index contributed by atoms with van der Waals surface area (Å²) in [5, 5.41) is 13.4. The number of aromatic nitrogens is 1. The van der Waals surface area contributed by atoms with E-state index in [2.05, 4.69) is 297 Å². The van der Waals surface area contributed by atoms with Crippen molar-refractivity contribution in [1.29, 1.82) is 0 Å². The molecule has 72 heavy (non-hydrogen) atoms. The van der Waals surface area contributed by atoms with Crippen molar-refractivity contribution in [3.8, 4) is 5.69 Å². The van der Waals surface area contributed by atoms with Gasteiger partial charge in [-0.15, -0.1) is 0 Å². The van der Waals surface area contributed by atoms with Crippen molar-refractivity contribution in [2.75, 3.05) is 0 Å². The van der Waals surface area contributed by atoms with Crippen LogP contribution in [0.2, 0.25) is 0 Å². The van der Waals surface area contributed by atoms with Gasteiger partial charge in [0.1, 0.15) is 0 Å². The molecule has 0 saturated carbocycles. The number of hydrogen-bond acceptors (Lipinski definition) is 0. The molecule has 1 nitrogen and oxygen atoms in total. The van der Waals surface area contributed by atoms with Gasteiger partial charge in [-0.3, -0.25) is 0 Å². The summed E-state index contributed by atoms with van der Waals surface area (Å²) in [6.07, 6.45) is 4.46. The van der Waals surface area contributed by atoms with Crippen LogP contribution in [0.3, 0.4) is 0 Å². The second kappa shape index (κ2) is 17.8.